The first-order valence-corrected chi connectivity index (χ1v) is 10.4. The Morgan fingerprint density at radius 1 is 1.03 bits per heavy atom. The van der Waals surface area contributed by atoms with Gasteiger partial charge in [-0.15, -0.1) is 0 Å². The highest BCUT2D eigenvalue weighted by molar-refractivity contribution is 6.22. The molecule has 7 heteroatoms. The van der Waals surface area contributed by atoms with E-state index in [1.807, 2.05) is 37.3 Å². The maximum atomic E-state index is 12.5. The van der Waals surface area contributed by atoms with Crippen LogP contribution in [0.3, 0.4) is 0 Å². The lowest BCUT2D eigenvalue weighted by molar-refractivity contribution is -0.129. The molecule has 1 aliphatic heterocycles. The van der Waals surface area contributed by atoms with Crippen molar-refractivity contribution in [3.8, 4) is 0 Å². The molecule has 3 rings (SSSR count). The zero-order valence-electron chi connectivity index (χ0n) is 17.7. The second kappa shape index (κ2) is 10.0. The van der Waals surface area contributed by atoms with E-state index in [0.717, 1.165) is 18.4 Å². The lowest BCUT2D eigenvalue weighted by Gasteiger charge is -2.14. The van der Waals surface area contributed by atoms with Crippen molar-refractivity contribution < 1.29 is 23.9 Å². The van der Waals surface area contributed by atoms with Gasteiger partial charge < -0.3 is 10.1 Å². The summed E-state index contributed by atoms with van der Waals surface area (Å²) in [6.07, 6.45) is 1.26. The van der Waals surface area contributed by atoms with Crippen LogP contribution >= 0.6 is 0 Å². The first-order chi connectivity index (χ1) is 14.9. The van der Waals surface area contributed by atoms with Gasteiger partial charge in [0.2, 0.25) is 0 Å². The molecule has 2 aromatic rings. The number of unbranched alkanes of at least 4 members (excludes halogenated alkanes) is 1. The molecule has 0 saturated carbocycles. The molecule has 162 valence electrons. The molecular formula is C24H26N2O5. The summed E-state index contributed by atoms with van der Waals surface area (Å²) in [5.41, 5.74) is 1.69. The van der Waals surface area contributed by atoms with Gasteiger partial charge in [0.15, 0.2) is 6.10 Å². The quantitative estimate of drug-likeness (QED) is 0.495. The van der Waals surface area contributed by atoms with E-state index in [2.05, 4.69) is 5.32 Å². The molecule has 0 bridgehead atoms. The predicted octanol–water partition coefficient (Wildman–Crippen LogP) is 2.99. The first kappa shape index (κ1) is 22.2. The number of nitrogens with zero attached hydrogens (tertiary/aromatic N) is 1. The van der Waals surface area contributed by atoms with Crippen molar-refractivity contribution >= 4 is 23.7 Å². The Morgan fingerprint density at radius 3 is 2.45 bits per heavy atom. The number of carbonyl (C=O) groups is 4. The third-order valence-electron chi connectivity index (χ3n) is 5.15. The summed E-state index contributed by atoms with van der Waals surface area (Å²) in [4.78, 5) is 50.9. The molecule has 1 atom stereocenters. The molecule has 3 amide bonds. The molecule has 2 aromatic carbocycles. The van der Waals surface area contributed by atoms with Gasteiger partial charge in [-0.05, 0) is 43.5 Å². The largest absolute Gasteiger partial charge is 0.449 e. The number of amides is 3. The molecule has 1 N–H and O–H groups in total. The topological polar surface area (TPSA) is 92.8 Å². The number of nitrogens with one attached hydrogen (secondary N) is 1. The van der Waals surface area contributed by atoms with Gasteiger partial charge in [0.25, 0.3) is 17.7 Å². The van der Waals surface area contributed by atoms with Crippen LogP contribution in [0.1, 0.15) is 63.3 Å². The van der Waals surface area contributed by atoms with Gasteiger partial charge in [-0.3, -0.25) is 19.3 Å². The number of hydrogen-bond donors (Lipinski definition) is 1. The van der Waals surface area contributed by atoms with E-state index in [9.17, 15) is 19.2 Å². The molecule has 7 nitrogen and oxygen atoms in total. The van der Waals surface area contributed by atoms with E-state index in [1.54, 1.807) is 0 Å². The number of benzene rings is 2. The number of esters is 1. The number of hydrogen-bond acceptors (Lipinski definition) is 5. The van der Waals surface area contributed by atoms with Crippen LogP contribution in [0.25, 0.3) is 0 Å². The number of ether oxygens (including phenoxy) is 1. The highest BCUT2D eigenvalue weighted by atomic mass is 16.5. The van der Waals surface area contributed by atoms with Crippen molar-refractivity contribution in [2.24, 2.45) is 0 Å². The summed E-state index contributed by atoms with van der Waals surface area (Å²) in [5.74, 6) is -1.88. The van der Waals surface area contributed by atoms with Crippen LogP contribution in [0.2, 0.25) is 0 Å². The van der Waals surface area contributed by atoms with Gasteiger partial charge in [0.05, 0.1) is 16.7 Å². The third kappa shape index (κ3) is 5.17. The molecular weight excluding hydrogens is 396 g/mol. The molecule has 0 fully saturated rings. The van der Waals surface area contributed by atoms with E-state index in [0.29, 0.717) is 19.5 Å². The summed E-state index contributed by atoms with van der Waals surface area (Å²) in [5, 5.41) is 2.75. The summed E-state index contributed by atoms with van der Waals surface area (Å²) in [6, 6.07) is 14.0. The Labute approximate surface area is 181 Å². The van der Waals surface area contributed by atoms with Crippen molar-refractivity contribution in [2.75, 3.05) is 13.1 Å². The number of rotatable bonds is 9. The second-order valence-corrected chi connectivity index (χ2v) is 7.45. The van der Waals surface area contributed by atoms with Crippen molar-refractivity contribution in [1.29, 1.82) is 0 Å². The van der Waals surface area contributed by atoms with Crippen LogP contribution in [0.5, 0.6) is 0 Å². The minimum absolute atomic E-state index is 0.126. The number of fused-ring (bicyclic) bond motifs is 1. The van der Waals surface area contributed by atoms with Crippen LogP contribution in [-0.2, 0) is 16.0 Å². The summed E-state index contributed by atoms with van der Waals surface area (Å²) >= 11 is 0. The van der Waals surface area contributed by atoms with Gasteiger partial charge in [0, 0.05) is 13.1 Å². The van der Waals surface area contributed by atoms with E-state index in [4.69, 9.17) is 4.74 Å². The molecule has 0 aliphatic carbocycles. The van der Waals surface area contributed by atoms with Gasteiger partial charge in [-0.1, -0.05) is 43.7 Å². The van der Waals surface area contributed by atoms with Gasteiger partial charge in [-0.2, -0.15) is 0 Å². The van der Waals surface area contributed by atoms with Gasteiger partial charge >= 0.3 is 5.97 Å². The highest BCUT2D eigenvalue weighted by Crippen LogP contribution is 2.25. The summed E-state index contributed by atoms with van der Waals surface area (Å²) < 4.78 is 5.25. The maximum Gasteiger partial charge on any atom is 0.338 e. The van der Waals surface area contributed by atoms with E-state index in [1.165, 1.54) is 30.0 Å². The van der Waals surface area contributed by atoms with Crippen molar-refractivity contribution in [1.82, 2.24) is 10.2 Å². The molecule has 0 aromatic heterocycles. The lowest BCUT2D eigenvalue weighted by Crippen LogP contribution is -2.36. The Bertz CT molecular complexity index is 987. The molecule has 1 heterocycles. The normalized spacial score (nSPS) is 13.7. The van der Waals surface area contributed by atoms with Crippen molar-refractivity contribution in [3.63, 3.8) is 0 Å². The fourth-order valence-electron chi connectivity index (χ4n) is 3.34. The maximum absolute atomic E-state index is 12.5. The minimum Gasteiger partial charge on any atom is -0.449 e. The predicted molar refractivity (Wildman–Crippen MR) is 115 cm³/mol. The van der Waals surface area contributed by atoms with Crippen molar-refractivity contribution in [3.05, 3.63) is 70.8 Å². The molecule has 0 saturated heterocycles. The zero-order valence-corrected chi connectivity index (χ0v) is 17.7. The fourth-order valence-corrected chi connectivity index (χ4v) is 3.34. The Hall–Kier alpha value is -3.48. The average Bonchev–Trinajstić information content (AvgIpc) is 3.02. The Kier molecular flexibility index (Phi) is 7.18. The Morgan fingerprint density at radius 2 is 1.74 bits per heavy atom. The smallest absolute Gasteiger partial charge is 0.338 e. The van der Waals surface area contributed by atoms with Crippen LogP contribution in [0, 0.1) is 0 Å². The third-order valence-corrected chi connectivity index (χ3v) is 5.15. The van der Waals surface area contributed by atoms with Crippen LogP contribution in [-0.4, -0.2) is 47.8 Å². The van der Waals surface area contributed by atoms with E-state index in [-0.39, 0.29) is 22.6 Å². The van der Waals surface area contributed by atoms with Gasteiger partial charge in [-0.25, -0.2) is 4.79 Å². The lowest BCUT2D eigenvalue weighted by atomic mass is 10.1. The highest BCUT2D eigenvalue weighted by Gasteiger charge is 2.35. The minimum atomic E-state index is -0.991. The number of carbonyl (C=O) groups excluding carboxylic acids is 4. The van der Waals surface area contributed by atoms with Crippen LogP contribution in [0.4, 0.5) is 0 Å². The SMILES string of the molecule is CCCCN1C(=O)c2ccc(C(=O)O[C@H](C)C(=O)NCCc3ccccc3)cc2C1=O. The van der Waals surface area contributed by atoms with E-state index < -0.39 is 23.9 Å². The monoisotopic (exact) mass is 422 g/mol. The second-order valence-electron chi connectivity index (χ2n) is 7.45. The molecule has 31 heavy (non-hydrogen) atoms. The molecule has 0 radical (unpaired) electrons. The Balaban J connectivity index is 1.57. The number of imide groups is 1. The first-order valence-electron chi connectivity index (χ1n) is 10.4. The molecule has 0 spiro atoms. The van der Waals surface area contributed by atoms with Crippen molar-refractivity contribution in [2.45, 2.75) is 39.2 Å². The standard InChI is InChI=1S/C24H26N2O5/c1-3-4-14-26-22(28)19-11-10-18(15-20(19)23(26)29)24(30)31-16(2)21(27)25-13-12-17-8-6-5-7-9-17/h5-11,15-16H,3-4,12-14H2,1-2H3,(H,25,27)/t16-/m1/s1. The zero-order chi connectivity index (χ0) is 22.4. The average molecular weight is 422 g/mol. The van der Waals surface area contributed by atoms with E-state index >= 15 is 0 Å². The van der Waals surface area contributed by atoms with Crippen LogP contribution in [0.15, 0.2) is 48.5 Å². The molecule has 0 unspecified atom stereocenters. The molecule has 1 aliphatic rings. The summed E-state index contributed by atoms with van der Waals surface area (Å²) in [7, 11) is 0. The van der Waals surface area contributed by atoms with Gasteiger partial charge in [0.1, 0.15) is 0 Å². The fraction of sp³-hybridized carbons (Fsp3) is 0.333. The summed E-state index contributed by atoms with van der Waals surface area (Å²) in [6.45, 7) is 4.24. The van der Waals surface area contributed by atoms with Crippen LogP contribution < -0.4 is 5.32 Å².